The van der Waals surface area contributed by atoms with Gasteiger partial charge in [0.05, 0.1) is 7.11 Å². The second-order valence-corrected chi connectivity index (χ2v) is 3.73. The van der Waals surface area contributed by atoms with E-state index in [1.165, 1.54) is 10.5 Å². The van der Waals surface area contributed by atoms with Crippen LogP contribution in [0, 0.1) is 23.4 Å². The maximum Gasteiger partial charge on any atom is 0.283 e. The van der Waals surface area contributed by atoms with Gasteiger partial charge in [0.1, 0.15) is 5.75 Å². The predicted octanol–water partition coefficient (Wildman–Crippen LogP) is 1.28. The van der Waals surface area contributed by atoms with Gasteiger partial charge in [-0.25, -0.2) is 8.42 Å². The fourth-order valence-corrected chi connectivity index (χ4v) is 0.659. The van der Waals surface area contributed by atoms with Gasteiger partial charge in [0.25, 0.3) is 9.84 Å². The van der Waals surface area contributed by atoms with Crippen LogP contribution in [0.5, 0.6) is 5.75 Å². The zero-order valence-electron chi connectivity index (χ0n) is 8.17. The highest BCUT2D eigenvalue weighted by atomic mass is 32.2. The molecule has 0 aliphatic heterocycles. The van der Waals surface area contributed by atoms with E-state index in [4.69, 9.17) is 4.74 Å². The molecule has 1 rings (SSSR count). The minimum Gasteiger partial charge on any atom is -0.497 e. The summed E-state index contributed by atoms with van der Waals surface area (Å²) in [7, 11) is -1.94. The van der Waals surface area contributed by atoms with Crippen molar-refractivity contribution in [3.8, 4) is 29.1 Å². The highest BCUT2D eigenvalue weighted by Crippen LogP contribution is 2.05. The van der Waals surface area contributed by atoms with Crippen LogP contribution in [0.4, 0.5) is 0 Å². The number of terminal acetylenes is 2. The van der Waals surface area contributed by atoms with Gasteiger partial charge < -0.3 is 4.74 Å². The van der Waals surface area contributed by atoms with Crippen molar-refractivity contribution in [3.05, 3.63) is 30.3 Å². The first-order valence-electron chi connectivity index (χ1n) is 3.84. The second-order valence-electron chi connectivity index (χ2n) is 2.26. The SMILES string of the molecule is C#CS(=O)(=O)C#C.COc1ccccc1. The first-order valence-corrected chi connectivity index (χ1v) is 5.33. The smallest absolute Gasteiger partial charge is 0.283 e. The average molecular weight is 222 g/mol. The van der Waals surface area contributed by atoms with Crippen molar-refractivity contribution in [2.24, 2.45) is 0 Å². The van der Waals surface area contributed by atoms with Gasteiger partial charge >= 0.3 is 0 Å². The molecule has 3 nitrogen and oxygen atoms in total. The van der Waals surface area contributed by atoms with E-state index in [-0.39, 0.29) is 0 Å². The summed E-state index contributed by atoms with van der Waals surface area (Å²) in [5, 5.41) is 2.85. The van der Waals surface area contributed by atoms with Crippen molar-refractivity contribution in [1.82, 2.24) is 0 Å². The number of benzene rings is 1. The van der Waals surface area contributed by atoms with Gasteiger partial charge in [0.15, 0.2) is 0 Å². The standard InChI is InChI=1S/C7H8O.C4H2O2S/c1-8-7-5-3-2-4-6-7;1-3-7(5,6)4-2/h2-6H,1H3;1-2H. The van der Waals surface area contributed by atoms with Gasteiger partial charge in [-0.15, -0.1) is 12.8 Å². The third-order valence-electron chi connectivity index (χ3n) is 1.29. The largest absolute Gasteiger partial charge is 0.497 e. The van der Waals surface area contributed by atoms with Gasteiger partial charge in [-0.05, 0) is 12.1 Å². The molecule has 78 valence electrons. The molecular formula is C11H10O3S. The molecule has 4 heteroatoms. The van der Waals surface area contributed by atoms with Crippen LogP contribution >= 0.6 is 0 Å². The van der Waals surface area contributed by atoms with E-state index in [2.05, 4.69) is 12.8 Å². The molecule has 1 aromatic carbocycles. The molecule has 0 aromatic heterocycles. The molecule has 0 atom stereocenters. The third-order valence-corrected chi connectivity index (χ3v) is 1.91. The quantitative estimate of drug-likeness (QED) is 0.531. The maximum absolute atomic E-state index is 9.90. The van der Waals surface area contributed by atoms with E-state index in [0.29, 0.717) is 0 Å². The van der Waals surface area contributed by atoms with Crippen LogP contribution < -0.4 is 4.74 Å². The van der Waals surface area contributed by atoms with Crippen LogP contribution in [0.2, 0.25) is 0 Å². The van der Waals surface area contributed by atoms with E-state index in [1.807, 2.05) is 30.3 Å². The lowest BCUT2D eigenvalue weighted by Crippen LogP contribution is -1.85. The number of sulfone groups is 1. The van der Waals surface area contributed by atoms with Crippen LogP contribution in [0.25, 0.3) is 0 Å². The Kier molecular flexibility index (Phi) is 5.70. The van der Waals surface area contributed by atoms with Crippen LogP contribution in [-0.2, 0) is 9.84 Å². The molecule has 0 unspecified atom stereocenters. The predicted molar refractivity (Wildman–Crippen MR) is 59.6 cm³/mol. The zero-order chi connectivity index (χ0) is 11.7. The maximum atomic E-state index is 9.90. The van der Waals surface area contributed by atoms with Crippen LogP contribution in [0.3, 0.4) is 0 Å². The van der Waals surface area contributed by atoms with E-state index < -0.39 is 9.84 Å². The summed E-state index contributed by atoms with van der Waals surface area (Å²) >= 11 is 0. The van der Waals surface area contributed by atoms with Crippen molar-refractivity contribution in [2.75, 3.05) is 7.11 Å². The highest BCUT2D eigenvalue weighted by molar-refractivity contribution is 8.00. The zero-order valence-corrected chi connectivity index (χ0v) is 8.99. The van der Waals surface area contributed by atoms with Gasteiger partial charge in [-0.2, -0.15) is 0 Å². The molecular weight excluding hydrogens is 212 g/mol. The van der Waals surface area contributed by atoms with Gasteiger partial charge in [0.2, 0.25) is 0 Å². The second kappa shape index (κ2) is 6.53. The molecule has 0 aliphatic carbocycles. The topological polar surface area (TPSA) is 43.4 Å². The van der Waals surface area contributed by atoms with Crippen molar-refractivity contribution in [2.45, 2.75) is 0 Å². The van der Waals surface area contributed by atoms with Gasteiger partial charge in [-0.1, -0.05) is 18.2 Å². The summed E-state index contributed by atoms with van der Waals surface area (Å²) < 4.78 is 24.7. The summed E-state index contributed by atoms with van der Waals surface area (Å²) in [5.74, 6) is 0.910. The van der Waals surface area contributed by atoms with Crippen molar-refractivity contribution in [3.63, 3.8) is 0 Å². The minimum absolute atomic E-state index is 0.910. The lowest BCUT2D eigenvalue weighted by molar-refractivity contribution is 0.415. The fourth-order valence-electron chi connectivity index (χ4n) is 0.591. The molecule has 0 radical (unpaired) electrons. The summed E-state index contributed by atoms with van der Waals surface area (Å²) in [6, 6.07) is 9.68. The van der Waals surface area contributed by atoms with Crippen LogP contribution in [-0.4, -0.2) is 15.5 Å². The van der Waals surface area contributed by atoms with E-state index in [0.717, 1.165) is 5.75 Å². The van der Waals surface area contributed by atoms with Gasteiger partial charge in [-0.3, -0.25) is 0 Å². The highest BCUT2D eigenvalue weighted by Gasteiger charge is 1.92. The van der Waals surface area contributed by atoms with Gasteiger partial charge in [0, 0.05) is 10.5 Å². The Hall–Kier alpha value is -1.91. The Morgan fingerprint density at radius 2 is 1.60 bits per heavy atom. The monoisotopic (exact) mass is 222 g/mol. The molecule has 0 amide bonds. The molecule has 0 aliphatic rings. The normalized spacial score (nSPS) is 8.73. The minimum atomic E-state index is -3.60. The molecule has 15 heavy (non-hydrogen) atoms. The number of rotatable bonds is 1. The van der Waals surface area contributed by atoms with Crippen molar-refractivity contribution >= 4 is 9.84 Å². The number of hydrogen-bond acceptors (Lipinski definition) is 3. The van der Waals surface area contributed by atoms with Crippen LogP contribution in [0.15, 0.2) is 30.3 Å². The number of hydrogen-bond donors (Lipinski definition) is 0. The Labute approximate surface area is 90.0 Å². The summed E-state index contributed by atoms with van der Waals surface area (Å²) in [4.78, 5) is 0. The first kappa shape index (κ1) is 13.1. The van der Waals surface area contributed by atoms with E-state index in [9.17, 15) is 8.42 Å². The molecule has 0 fully saturated rings. The number of ether oxygens (including phenoxy) is 1. The molecule has 1 aromatic rings. The Morgan fingerprint density at radius 3 is 1.80 bits per heavy atom. The first-order chi connectivity index (χ1) is 7.05. The number of methoxy groups -OCH3 is 1. The summed E-state index contributed by atoms with van der Waals surface area (Å²) in [6.45, 7) is 0. The molecule has 0 N–H and O–H groups in total. The molecule has 0 heterocycles. The van der Waals surface area contributed by atoms with Crippen molar-refractivity contribution in [1.29, 1.82) is 0 Å². The lowest BCUT2D eigenvalue weighted by Gasteiger charge is -1.93. The summed E-state index contributed by atoms with van der Waals surface area (Å²) in [6.07, 6.45) is 8.87. The third kappa shape index (κ3) is 6.20. The van der Waals surface area contributed by atoms with E-state index >= 15 is 0 Å². The molecule has 0 bridgehead atoms. The van der Waals surface area contributed by atoms with Crippen LogP contribution in [0.1, 0.15) is 0 Å². The Bertz CT molecular complexity index is 441. The van der Waals surface area contributed by atoms with Crippen molar-refractivity contribution < 1.29 is 13.2 Å². The summed E-state index contributed by atoms with van der Waals surface area (Å²) in [5.41, 5.74) is 0. The molecule has 0 saturated heterocycles. The Morgan fingerprint density at radius 1 is 1.13 bits per heavy atom. The molecule has 0 saturated carbocycles. The van der Waals surface area contributed by atoms with E-state index in [1.54, 1.807) is 7.11 Å². The Balaban J connectivity index is 0.000000265. The fraction of sp³-hybridized carbons (Fsp3) is 0.0909. The lowest BCUT2D eigenvalue weighted by atomic mass is 10.3. The molecule has 0 spiro atoms. The average Bonchev–Trinajstić information content (AvgIpc) is 2.31. The number of para-hydroxylation sites is 1.